The fourth-order valence-corrected chi connectivity index (χ4v) is 1.29. The summed E-state index contributed by atoms with van der Waals surface area (Å²) in [5, 5.41) is 8.80. The third kappa shape index (κ3) is 1.59. The third-order valence-corrected chi connectivity index (χ3v) is 2.12. The Morgan fingerprint density at radius 1 is 1.33 bits per heavy atom. The molecule has 0 aliphatic carbocycles. The Hall–Kier alpha value is -2.17. The zero-order valence-corrected chi connectivity index (χ0v) is 8.06. The molecule has 0 fully saturated rings. The minimum absolute atomic E-state index is 0.195. The highest BCUT2D eigenvalue weighted by molar-refractivity contribution is 5.92. The molecule has 0 bridgehead atoms. The van der Waals surface area contributed by atoms with Gasteiger partial charge in [-0.1, -0.05) is 0 Å². The number of hydrogen-bond donors (Lipinski definition) is 2. The van der Waals surface area contributed by atoms with Gasteiger partial charge in [0, 0.05) is 0 Å². The quantitative estimate of drug-likeness (QED) is 0.727. The molecule has 1 aromatic heterocycles. The Kier molecular flexibility index (Phi) is 2.00. The van der Waals surface area contributed by atoms with Gasteiger partial charge in [0.05, 0.1) is 22.3 Å². The van der Waals surface area contributed by atoms with E-state index in [2.05, 4.69) is 9.97 Å². The Morgan fingerprint density at radius 3 is 2.73 bits per heavy atom. The Labute approximate surface area is 85.6 Å². The van der Waals surface area contributed by atoms with E-state index in [-0.39, 0.29) is 5.56 Å². The van der Waals surface area contributed by atoms with Crippen molar-refractivity contribution in [3.63, 3.8) is 0 Å². The van der Waals surface area contributed by atoms with Gasteiger partial charge in [0.1, 0.15) is 5.82 Å². The maximum Gasteiger partial charge on any atom is 0.335 e. The van der Waals surface area contributed by atoms with Crippen LogP contribution in [0.1, 0.15) is 16.1 Å². The lowest BCUT2D eigenvalue weighted by molar-refractivity contribution is 0.0697. The first-order valence-electron chi connectivity index (χ1n) is 4.35. The molecule has 0 spiro atoms. The largest absolute Gasteiger partial charge is 0.478 e. The minimum atomic E-state index is -0.979. The molecule has 0 unspecified atom stereocenters. The first-order valence-corrected chi connectivity index (χ1v) is 4.35. The first kappa shape index (κ1) is 9.39. The maximum absolute atomic E-state index is 10.7. The fourth-order valence-electron chi connectivity index (χ4n) is 1.29. The number of aromatic carboxylic acids is 1. The van der Waals surface area contributed by atoms with E-state index >= 15 is 0 Å². The summed E-state index contributed by atoms with van der Waals surface area (Å²) < 4.78 is 0. The van der Waals surface area contributed by atoms with Crippen molar-refractivity contribution in [2.45, 2.75) is 6.92 Å². The minimum Gasteiger partial charge on any atom is -0.478 e. The molecule has 0 radical (unpaired) electrons. The van der Waals surface area contributed by atoms with Crippen molar-refractivity contribution >= 4 is 22.8 Å². The van der Waals surface area contributed by atoms with Crippen molar-refractivity contribution in [3.05, 3.63) is 29.5 Å². The molecule has 0 saturated heterocycles. The van der Waals surface area contributed by atoms with Crippen molar-refractivity contribution in [2.75, 3.05) is 5.73 Å². The van der Waals surface area contributed by atoms with Gasteiger partial charge in [0.2, 0.25) is 0 Å². The highest BCUT2D eigenvalue weighted by Crippen LogP contribution is 2.15. The fraction of sp³-hybridized carbons (Fsp3) is 0.100. The molecule has 0 atom stereocenters. The van der Waals surface area contributed by atoms with E-state index < -0.39 is 5.97 Å². The molecule has 76 valence electrons. The van der Waals surface area contributed by atoms with E-state index in [1.165, 1.54) is 12.1 Å². The van der Waals surface area contributed by atoms with Crippen LogP contribution in [-0.2, 0) is 0 Å². The molecule has 0 aliphatic heterocycles. The van der Waals surface area contributed by atoms with Gasteiger partial charge in [0.25, 0.3) is 0 Å². The van der Waals surface area contributed by atoms with E-state index in [0.29, 0.717) is 22.5 Å². The number of rotatable bonds is 1. The summed E-state index contributed by atoms with van der Waals surface area (Å²) in [6.07, 6.45) is 0. The lowest BCUT2D eigenvalue weighted by Gasteiger charge is -2.02. The standard InChI is InChI=1S/C10H9N3O2/c1-5-9(11)13-7-3-2-6(10(14)15)4-8(7)12-5/h2-4H,1H3,(H2,11,13)(H,14,15). The predicted molar refractivity (Wildman–Crippen MR) is 55.6 cm³/mol. The lowest BCUT2D eigenvalue weighted by Crippen LogP contribution is -2.00. The molecular formula is C10H9N3O2. The van der Waals surface area contributed by atoms with Crippen molar-refractivity contribution in [1.82, 2.24) is 9.97 Å². The summed E-state index contributed by atoms with van der Waals surface area (Å²) in [5.41, 5.74) is 7.53. The Bertz CT molecular complexity index is 552. The zero-order chi connectivity index (χ0) is 11.0. The van der Waals surface area contributed by atoms with Crippen molar-refractivity contribution in [3.8, 4) is 0 Å². The van der Waals surface area contributed by atoms with Gasteiger partial charge in [-0.3, -0.25) is 0 Å². The van der Waals surface area contributed by atoms with Gasteiger partial charge in [-0.05, 0) is 25.1 Å². The molecule has 2 rings (SSSR count). The molecule has 15 heavy (non-hydrogen) atoms. The van der Waals surface area contributed by atoms with Crippen LogP contribution in [0.2, 0.25) is 0 Å². The van der Waals surface area contributed by atoms with Crippen LogP contribution in [0.4, 0.5) is 5.82 Å². The number of carboxylic acid groups (broad SMARTS) is 1. The predicted octanol–water partition coefficient (Wildman–Crippen LogP) is 1.22. The molecule has 5 nitrogen and oxygen atoms in total. The van der Waals surface area contributed by atoms with E-state index in [0.717, 1.165) is 0 Å². The zero-order valence-electron chi connectivity index (χ0n) is 8.06. The third-order valence-electron chi connectivity index (χ3n) is 2.12. The first-order chi connectivity index (χ1) is 7.08. The summed E-state index contributed by atoms with van der Waals surface area (Å²) in [7, 11) is 0. The van der Waals surface area contributed by atoms with Crippen molar-refractivity contribution in [2.24, 2.45) is 0 Å². The number of nitrogens with two attached hydrogens (primary N) is 1. The normalized spacial score (nSPS) is 10.5. The number of fused-ring (bicyclic) bond motifs is 1. The maximum atomic E-state index is 10.7. The number of benzene rings is 1. The average molecular weight is 203 g/mol. The van der Waals surface area contributed by atoms with Crippen molar-refractivity contribution < 1.29 is 9.90 Å². The number of aryl methyl sites for hydroxylation is 1. The van der Waals surface area contributed by atoms with Crippen LogP contribution in [-0.4, -0.2) is 21.0 Å². The molecular weight excluding hydrogens is 194 g/mol. The van der Waals surface area contributed by atoms with Gasteiger partial charge in [-0.25, -0.2) is 14.8 Å². The molecule has 1 heterocycles. The van der Waals surface area contributed by atoms with Crippen LogP contribution in [0.5, 0.6) is 0 Å². The van der Waals surface area contributed by atoms with E-state index in [1.54, 1.807) is 13.0 Å². The highest BCUT2D eigenvalue weighted by Gasteiger charge is 2.06. The molecule has 0 amide bonds. The van der Waals surface area contributed by atoms with E-state index in [9.17, 15) is 4.79 Å². The lowest BCUT2D eigenvalue weighted by atomic mass is 10.2. The van der Waals surface area contributed by atoms with Gasteiger partial charge >= 0.3 is 5.97 Å². The summed E-state index contributed by atoms with van der Waals surface area (Å²) in [4.78, 5) is 19.0. The molecule has 0 aliphatic rings. The molecule has 1 aromatic carbocycles. The van der Waals surface area contributed by atoms with Crippen LogP contribution in [0, 0.1) is 6.92 Å². The molecule has 3 N–H and O–H groups in total. The second kappa shape index (κ2) is 3.20. The average Bonchev–Trinajstić information content (AvgIpc) is 2.19. The van der Waals surface area contributed by atoms with Crippen LogP contribution >= 0.6 is 0 Å². The monoisotopic (exact) mass is 203 g/mol. The number of aromatic nitrogens is 2. The van der Waals surface area contributed by atoms with Gasteiger partial charge in [-0.15, -0.1) is 0 Å². The van der Waals surface area contributed by atoms with Crippen LogP contribution in [0.3, 0.4) is 0 Å². The summed E-state index contributed by atoms with van der Waals surface area (Å²) in [5.74, 6) is -0.612. The highest BCUT2D eigenvalue weighted by atomic mass is 16.4. The Morgan fingerprint density at radius 2 is 2.07 bits per heavy atom. The topological polar surface area (TPSA) is 89.1 Å². The van der Waals surface area contributed by atoms with E-state index in [4.69, 9.17) is 10.8 Å². The molecule has 2 aromatic rings. The van der Waals surface area contributed by atoms with Crippen molar-refractivity contribution in [1.29, 1.82) is 0 Å². The number of nitrogens with zero attached hydrogens (tertiary/aromatic N) is 2. The van der Waals surface area contributed by atoms with E-state index in [1.807, 2.05) is 0 Å². The summed E-state index contributed by atoms with van der Waals surface area (Å²) >= 11 is 0. The smallest absolute Gasteiger partial charge is 0.335 e. The second-order valence-electron chi connectivity index (χ2n) is 3.20. The number of hydrogen-bond acceptors (Lipinski definition) is 4. The van der Waals surface area contributed by atoms with Gasteiger partial charge < -0.3 is 10.8 Å². The second-order valence-corrected chi connectivity index (χ2v) is 3.20. The van der Waals surface area contributed by atoms with Crippen LogP contribution < -0.4 is 5.73 Å². The number of carbonyl (C=O) groups is 1. The van der Waals surface area contributed by atoms with Crippen LogP contribution in [0.25, 0.3) is 11.0 Å². The van der Waals surface area contributed by atoms with Gasteiger partial charge in [0.15, 0.2) is 0 Å². The molecule has 0 saturated carbocycles. The molecule has 5 heteroatoms. The number of carboxylic acids is 1. The van der Waals surface area contributed by atoms with Crippen LogP contribution in [0.15, 0.2) is 18.2 Å². The SMILES string of the molecule is Cc1nc2cc(C(=O)O)ccc2nc1N. The number of anilines is 1. The summed E-state index contributed by atoms with van der Waals surface area (Å²) in [6.45, 7) is 1.73. The van der Waals surface area contributed by atoms with Gasteiger partial charge in [-0.2, -0.15) is 0 Å². The summed E-state index contributed by atoms with van der Waals surface area (Å²) in [6, 6.07) is 4.56. The Balaban J connectivity index is 2.72. The number of nitrogen functional groups attached to an aromatic ring is 1.